The Morgan fingerprint density at radius 1 is 1.25 bits per heavy atom. The van der Waals surface area contributed by atoms with Crippen LogP contribution in [0.5, 0.6) is 5.75 Å². The van der Waals surface area contributed by atoms with Crippen LogP contribution in [-0.4, -0.2) is 18.5 Å². The minimum atomic E-state index is -0.606. The highest BCUT2D eigenvalue weighted by Gasteiger charge is 2.21. The fourth-order valence-corrected chi connectivity index (χ4v) is 2.47. The molecule has 2 aromatic rings. The smallest absolute Gasteiger partial charge is 0.284 e. The van der Waals surface area contributed by atoms with E-state index in [0.29, 0.717) is 18.3 Å². The zero-order chi connectivity index (χ0) is 16.2. The third kappa shape index (κ3) is 4.19. The number of guanidine groups is 1. The van der Waals surface area contributed by atoms with Crippen molar-refractivity contribution in [3.05, 3.63) is 53.5 Å². The number of aliphatic imine (C=N–C) groups is 1. The van der Waals surface area contributed by atoms with Crippen LogP contribution in [0.2, 0.25) is 0 Å². The molecule has 8 heteroatoms. The number of furan rings is 1. The maximum absolute atomic E-state index is 11.0. The summed E-state index contributed by atoms with van der Waals surface area (Å²) in [6.45, 7) is 0.860. The van der Waals surface area contributed by atoms with Crippen molar-refractivity contribution in [2.45, 2.75) is 19.0 Å². The molecule has 0 spiro atoms. The van der Waals surface area contributed by atoms with E-state index in [9.17, 15) is 4.79 Å². The number of nitrogens with one attached hydrogen (secondary N) is 1. The Kier molecular flexibility index (Phi) is 6.07. The number of primary amides is 1. The highest BCUT2D eigenvalue weighted by molar-refractivity contribution is 14.0. The van der Waals surface area contributed by atoms with Crippen molar-refractivity contribution in [1.29, 1.82) is 0 Å². The lowest BCUT2D eigenvalue weighted by Crippen LogP contribution is -2.37. The number of rotatable bonds is 4. The number of fused-ring (bicyclic) bond motifs is 1. The number of amides is 1. The number of nitrogens with zero attached hydrogens (tertiary/aromatic N) is 1. The molecule has 1 aromatic carbocycles. The van der Waals surface area contributed by atoms with Gasteiger partial charge in [0.05, 0.1) is 12.6 Å². The Labute approximate surface area is 156 Å². The van der Waals surface area contributed by atoms with E-state index >= 15 is 0 Å². The van der Waals surface area contributed by atoms with Crippen molar-refractivity contribution in [1.82, 2.24) is 5.32 Å². The molecule has 7 nitrogen and oxygen atoms in total. The lowest BCUT2D eigenvalue weighted by Gasteiger charge is -2.26. The van der Waals surface area contributed by atoms with Crippen LogP contribution in [-0.2, 0) is 6.54 Å². The van der Waals surface area contributed by atoms with Crippen LogP contribution in [0.1, 0.15) is 34.3 Å². The Balaban J connectivity index is 0.00000208. The van der Waals surface area contributed by atoms with E-state index in [2.05, 4.69) is 10.3 Å². The molecule has 2 heterocycles. The second-order valence-corrected chi connectivity index (χ2v) is 5.20. The van der Waals surface area contributed by atoms with Gasteiger partial charge in [0.15, 0.2) is 11.7 Å². The topological polar surface area (TPSA) is 116 Å². The van der Waals surface area contributed by atoms with E-state index < -0.39 is 5.91 Å². The lowest BCUT2D eigenvalue weighted by molar-refractivity contribution is 0.0972. The summed E-state index contributed by atoms with van der Waals surface area (Å²) < 4.78 is 10.9. The van der Waals surface area contributed by atoms with Crippen LogP contribution in [0.15, 0.2) is 45.8 Å². The van der Waals surface area contributed by atoms with E-state index in [1.54, 1.807) is 6.07 Å². The summed E-state index contributed by atoms with van der Waals surface area (Å²) in [6.07, 6.45) is 0.805. The highest BCUT2D eigenvalue weighted by atomic mass is 127. The Morgan fingerprint density at radius 2 is 2.04 bits per heavy atom. The molecule has 1 aliphatic rings. The first-order chi connectivity index (χ1) is 11.1. The van der Waals surface area contributed by atoms with Crippen molar-refractivity contribution >= 4 is 35.8 Å². The molecule has 1 amide bonds. The minimum absolute atomic E-state index is 0. The minimum Gasteiger partial charge on any atom is -0.493 e. The van der Waals surface area contributed by atoms with Crippen molar-refractivity contribution in [2.24, 2.45) is 16.5 Å². The molecular formula is C16H19IN4O3. The first-order valence-electron chi connectivity index (χ1n) is 7.30. The van der Waals surface area contributed by atoms with E-state index in [1.165, 1.54) is 6.07 Å². The molecule has 128 valence electrons. The van der Waals surface area contributed by atoms with E-state index in [1.807, 2.05) is 24.3 Å². The molecule has 1 aromatic heterocycles. The van der Waals surface area contributed by atoms with Gasteiger partial charge in [-0.3, -0.25) is 4.79 Å². The average molecular weight is 442 g/mol. The lowest BCUT2D eigenvalue weighted by atomic mass is 10.0. The van der Waals surface area contributed by atoms with Crippen LogP contribution < -0.4 is 21.5 Å². The summed E-state index contributed by atoms with van der Waals surface area (Å²) in [5.74, 6) is 1.20. The van der Waals surface area contributed by atoms with Crippen LogP contribution in [0, 0.1) is 0 Å². The summed E-state index contributed by atoms with van der Waals surface area (Å²) in [5.41, 5.74) is 12.1. The first-order valence-corrected chi connectivity index (χ1v) is 7.30. The predicted molar refractivity (Wildman–Crippen MR) is 100 cm³/mol. The summed E-state index contributed by atoms with van der Waals surface area (Å²) in [7, 11) is 0. The molecule has 0 saturated heterocycles. The van der Waals surface area contributed by atoms with Gasteiger partial charge in [0.1, 0.15) is 18.1 Å². The SMILES string of the molecule is I.NC(=O)c1ccc(CN=C(N)NC2CCOc3ccccc32)o1. The molecule has 1 unspecified atom stereocenters. The molecule has 1 aliphatic heterocycles. The van der Waals surface area contributed by atoms with Gasteiger partial charge in [-0.05, 0) is 18.2 Å². The quantitative estimate of drug-likeness (QED) is 0.380. The monoisotopic (exact) mass is 442 g/mol. The Bertz CT molecular complexity index is 744. The molecule has 24 heavy (non-hydrogen) atoms. The predicted octanol–water partition coefficient (Wildman–Crippen LogP) is 1.92. The number of benzene rings is 1. The van der Waals surface area contributed by atoms with Gasteiger partial charge in [-0.2, -0.15) is 0 Å². The van der Waals surface area contributed by atoms with Crippen LogP contribution in [0.25, 0.3) is 0 Å². The second kappa shape index (κ2) is 8.04. The first kappa shape index (κ1) is 18.1. The number of ether oxygens (including phenoxy) is 1. The molecule has 3 rings (SSSR count). The normalized spacial score (nSPS) is 16.5. The maximum Gasteiger partial charge on any atom is 0.284 e. The number of nitrogens with two attached hydrogens (primary N) is 2. The molecule has 1 atom stereocenters. The third-order valence-corrected chi connectivity index (χ3v) is 3.59. The second-order valence-electron chi connectivity index (χ2n) is 5.20. The summed E-state index contributed by atoms with van der Waals surface area (Å²) >= 11 is 0. The fraction of sp³-hybridized carbons (Fsp3) is 0.250. The van der Waals surface area contributed by atoms with Gasteiger partial charge in [0.2, 0.25) is 0 Å². The number of halogens is 1. The zero-order valence-corrected chi connectivity index (χ0v) is 15.2. The van der Waals surface area contributed by atoms with Gasteiger partial charge < -0.3 is 25.9 Å². The number of carbonyl (C=O) groups excluding carboxylic acids is 1. The highest BCUT2D eigenvalue weighted by Crippen LogP contribution is 2.31. The van der Waals surface area contributed by atoms with Gasteiger partial charge >= 0.3 is 0 Å². The summed E-state index contributed by atoms with van der Waals surface area (Å²) in [6, 6.07) is 11.1. The van der Waals surface area contributed by atoms with Crippen molar-refractivity contribution in [2.75, 3.05) is 6.61 Å². The van der Waals surface area contributed by atoms with Crippen molar-refractivity contribution < 1.29 is 13.9 Å². The standard InChI is InChI=1S/C16H18N4O3.HI/c17-15(21)14-6-5-10(23-14)9-19-16(18)20-12-7-8-22-13-4-2-1-3-11(12)13;/h1-6,12H,7-9H2,(H2,17,21)(H3,18,19,20);1H. The fourth-order valence-electron chi connectivity index (χ4n) is 2.47. The van der Waals surface area contributed by atoms with Gasteiger partial charge in [-0.25, -0.2) is 4.99 Å². The van der Waals surface area contributed by atoms with E-state index in [0.717, 1.165) is 17.7 Å². The Morgan fingerprint density at radius 3 is 2.79 bits per heavy atom. The van der Waals surface area contributed by atoms with E-state index in [-0.39, 0.29) is 42.3 Å². The molecule has 0 bridgehead atoms. The number of carbonyl (C=O) groups is 1. The third-order valence-electron chi connectivity index (χ3n) is 3.59. The summed E-state index contributed by atoms with van der Waals surface area (Å²) in [4.78, 5) is 15.2. The summed E-state index contributed by atoms with van der Waals surface area (Å²) in [5, 5.41) is 3.19. The molecule has 0 radical (unpaired) electrons. The zero-order valence-electron chi connectivity index (χ0n) is 12.9. The van der Waals surface area contributed by atoms with Gasteiger partial charge in [0, 0.05) is 12.0 Å². The van der Waals surface area contributed by atoms with Crippen molar-refractivity contribution in [3.8, 4) is 5.75 Å². The van der Waals surface area contributed by atoms with E-state index in [4.69, 9.17) is 20.6 Å². The molecule has 0 saturated carbocycles. The van der Waals surface area contributed by atoms with Crippen LogP contribution in [0.3, 0.4) is 0 Å². The molecule has 0 aliphatic carbocycles. The molecule has 0 fully saturated rings. The number of hydrogen-bond donors (Lipinski definition) is 3. The molecule has 5 N–H and O–H groups in total. The van der Waals surface area contributed by atoms with Gasteiger partial charge in [-0.15, -0.1) is 24.0 Å². The van der Waals surface area contributed by atoms with Crippen molar-refractivity contribution in [3.63, 3.8) is 0 Å². The largest absolute Gasteiger partial charge is 0.493 e. The Hall–Kier alpha value is -2.23. The van der Waals surface area contributed by atoms with Crippen LogP contribution >= 0.6 is 24.0 Å². The van der Waals surface area contributed by atoms with Crippen LogP contribution in [0.4, 0.5) is 0 Å². The average Bonchev–Trinajstić information content (AvgIpc) is 3.03. The number of hydrogen-bond acceptors (Lipinski definition) is 4. The number of para-hydroxylation sites is 1. The maximum atomic E-state index is 11.0. The molecular weight excluding hydrogens is 423 g/mol. The van der Waals surface area contributed by atoms with Gasteiger partial charge in [0.25, 0.3) is 5.91 Å². The van der Waals surface area contributed by atoms with Gasteiger partial charge in [-0.1, -0.05) is 18.2 Å².